The minimum absolute atomic E-state index is 0.0134. The van der Waals surface area contributed by atoms with Gasteiger partial charge in [0.05, 0.1) is 32.4 Å². The normalized spacial score (nSPS) is 15.4. The number of hydrogen-bond acceptors (Lipinski definition) is 8. The third kappa shape index (κ3) is 6.41. The molecule has 0 aliphatic carbocycles. The fourth-order valence-corrected chi connectivity index (χ4v) is 5.29. The van der Waals surface area contributed by atoms with Gasteiger partial charge in [0, 0.05) is 11.9 Å². The summed E-state index contributed by atoms with van der Waals surface area (Å²) in [6, 6.07) is 11.5. The van der Waals surface area contributed by atoms with Crippen LogP contribution in [0.15, 0.2) is 58.2 Å². The van der Waals surface area contributed by atoms with Crippen molar-refractivity contribution in [2.45, 2.75) is 46.6 Å². The highest BCUT2D eigenvalue weighted by atomic mass is 16.5. The molecule has 1 amide bonds. The van der Waals surface area contributed by atoms with E-state index in [0.717, 1.165) is 26.1 Å². The van der Waals surface area contributed by atoms with Gasteiger partial charge in [0.25, 0.3) is 5.91 Å². The number of para-hydroxylation sites is 1. The number of ketones is 1. The zero-order valence-electron chi connectivity index (χ0n) is 25.4. The second-order valence-electron chi connectivity index (χ2n) is 10.8. The topological polar surface area (TPSA) is 102 Å². The lowest BCUT2D eigenvalue weighted by atomic mass is 9.94. The molecule has 4 rings (SSSR count). The quantitative estimate of drug-likeness (QED) is 0.213. The van der Waals surface area contributed by atoms with Crippen molar-refractivity contribution in [2.75, 3.05) is 47.0 Å². The molecule has 1 unspecified atom stereocenters. The van der Waals surface area contributed by atoms with Crippen LogP contribution in [0.25, 0.3) is 11.0 Å². The number of aliphatic hydroxyl groups is 1. The van der Waals surface area contributed by atoms with Crippen LogP contribution in [0.3, 0.4) is 0 Å². The summed E-state index contributed by atoms with van der Waals surface area (Å²) in [6.07, 6.45) is 1.56. The van der Waals surface area contributed by atoms with Gasteiger partial charge in [-0.1, -0.05) is 45.9 Å². The van der Waals surface area contributed by atoms with Gasteiger partial charge in [-0.05, 0) is 68.2 Å². The number of benzene rings is 2. The van der Waals surface area contributed by atoms with Gasteiger partial charge in [0.2, 0.25) is 5.78 Å². The summed E-state index contributed by atoms with van der Waals surface area (Å²) in [7, 11) is 3.08. The van der Waals surface area contributed by atoms with Crippen LogP contribution in [0.4, 0.5) is 0 Å². The van der Waals surface area contributed by atoms with E-state index in [9.17, 15) is 14.7 Å². The van der Waals surface area contributed by atoms with Gasteiger partial charge < -0.3 is 33.5 Å². The van der Waals surface area contributed by atoms with E-state index in [4.69, 9.17) is 18.6 Å². The minimum Gasteiger partial charge on any atom is -0.503 e. The van der Waals surface area contributed by atoms with Crippen molar-refractivity contribution in [3.8, 4) is 17.2 Å². The summed E-state index contributed by atoms with van der Waals surface area (Å²) in [5.74, 6) is 0.322. The van der Waals surface area contributed by atoms with Crippen molar-refractivity contribution >= 4 is 22.7 Å². The van der Waals surface area contributed by atoms with Crippen LogP contribution in [-0.4, -0.2) is 73.6 Å². The van der Waals surface area contributed by atoms with Gasteiger partial charge in [0.1, 0.15) is 0 Å². The molecule has 42 heavy (non-hydrogen) atoms. The maximum Gasteiger partial charge on any atom is 0.290 e. The molecule has 226 valence electrons. The first-order chi connectivity index (χ1) is 20.2. The van der Waals surface area contributed by atoms with Crippen molar-refractivity contribution < 1.29 is 33.3 Å². The Labute approximate surface area is 247 Å². The number of carbonyl (C=O) groups excluding carboxylic acids is 2. The van der Waals surface area contributed by atoms with Gasteiger partial charge >= 0.3 is 0 Å². The SMILES string of the molecule is CCN(CC)CCCN1C(=O)C(O)=C(C(=O)c2cc3cccc(OC)c3o2)C1c1ccc(OCCC(C)C)c(OC)c1. The Balaban J connectivity index is 1.73. The largest absolute Gasteiger partial charge is 0.503 e. The number of Topliss-reactive ketones (excluding diaryl/α,β-unsaturated/α-hetero) is 1. The number of hydrogen-bond donors (Lipinski definition) is 1. The maximum atomic E-state index is 14.0. The number of methoxy groups -OCH3 is 2. The minimum atomic E-state index is -0.838. The lowest BCUT2D eigenvalue weighted by molar-refractivity contribution is -0.129. The number of amides is 1. The molecular weight excluding hydrogens is 536 g/mol. The molecule has 0 saturated heterocycles. The summed E-state index contributed by atoms with van der Waals surface area (Å²) in [6.45, 7) is 11.9. The van der Waals surface area contributed by atoms with Crippen LogP contribution < -0.4 is 14.2 Å². The molecule has 1 aliphatic heterocycles. The number of fused-ring (bicyclic) bond motifs is 1. The van der Waals surface area contributed by atoms with Gasteiger partial charge in [-0.2, -0.15) is 0 Å². The number of aliphatic hydroxyl groups excluding tert-OH is 1. The van der Waals surface area contributed by atoms with Gasteiger partial charge in [0.15, 0.2) is 34.4 Å². The summed E-state index contributed by atoms with van der Waals surface area (Å²) in [4.78, 5) is 31.3. The molecule has 9 nitrogen and oxygen atoms in total. The third-order valence-corrected chi connectivity index (χ3v) is 7.72. The summed E-state index contributed by atoms with van der Waals surface area (Å²) < 4.78 is 23.0. The highest BCUT2D eigenvalue weighted by Gasteiger charge is 2.44. The van der Waals surface area contributed by atoms with Gasteiger partial charge in [-0.25, -0.2) is 0 Å². The van der Waals surface area contributed by atoms with Crippen LogP contribution in [0.5, 0.6) is 17.2 Å². The second kappa shape index (κ2) is 13.8. The predicted molar refractivity (Wildman–Crippen MR) is 162 cm³/mol. The summed E-state index contributed by atoms with van der Waals surface area (Å²) in [5.41, 5.74) is 1.02. The second-order valence-corrected chi connectivity index (χ2v) is 10.8. The van der Waals surface area contributed by atoms with E-state index in [2.05, 4.69) is 32.6 Å². The molecule has 1 atom stereocenters. The highest BCUT2D eigenvalue weighted by molar-refractivity contribution is 6.16. The smallest absolute Gasteiger partial charge is 0.290 e. The molecule has 0 fully saturated rings. The number of nitrogens with zero attached hydrogens (tertiary/aromatic N) is 2. The fraction of sp³-hybridized carbons (Fsp3) is 0.455. The van der Waals surface area contributed by atoms with Crippen LogP contribution in [0.1, 0.15) is 62.7 Å². The number of ether oxygens (including phenoxy) is 3. The Morgan fingerprint density at radius 2 is 1.79 bits per heavy atom. The first-order valence-electron chi connectivity index (χ1n) is 14.6. The van der Waals surface area contributed by atoms with Crippen molar-refractivity contribution in [2.24, 2.45) is 5.92 Å². The molecule has 2 aromatic carbocycles. The highest BCUT2D eigenvalue weighted by Crippen LogP contribution is 2.42. The van der Waals surface area contributed by atoms with E-state index in [1.165, 1.54) is 7.11 Å². The first kappa shape index (κ1) is 31.0. The molecule has 3 aromatic rings. The Morgan fingerprint density at radius 3 is 2.45 bits per heavy atom. The lowest BCUT2D eigenvalue weighted by Crippen LogP contribution is -2.34. The van der Waals surface area contributed by atoms with E-state index < -0.39 is 23.5 Å². The zero-order chi connectivity index (χ0) is 30.4. The van der Waals surface area contributed by atoms with Gasteiger partial charge in [-0.15, -0.1) is 0 Å². The Hall–Kier alpha value is -3.98. The molecule has 0 bridgehead atoms. The number of furan rings is 1. The molecule has 0 spiro atoms. The van der Waals surface area contributed by atoms with Crippen LogP contribution in [-0.2, 0) is 4.79 Å². The molecule has 1 aliphatic rings. The Morgan fingerprint density at radius 1 is 1.05 bits per heavy atom. The van der Waals surface area contributed by atoms with Crippen molar-refractivity contribution in [3.63, 3.8) is 0 Å². The van der Waals surface area contributed by atoms with Gasteiger partial charge in [-0.3, -0.25) is 9.59 Å². The first-order valence-corrected chi connectivity index (χ1v) is 14.6. The Bertz CT molecular complexity index is 1440. The maximum absolute atomic E-state index is 14.0. The number of carbonyl (C=O) groups is 2. The summed E-state index contributed by atoms with van der Waals surface area (Å²) in [5, 5.41) is 11.8. The zero-order valence-corrected chi connectivity index (χ0v) is 25.4. The molecule has 1 aromatic heterocycles. The van der Waals surface area contributed by atoms with Crippen molar-refractivity contribution in [3.05, 3.63) is 65.1 Å². The van der Waals surface area contributed by atoms with Crippen LogP contribution in [0.2, 0.25) is 0 Å². The molecule has 1 N–H and O–H groups in total. The monoisotopic (exact) mass is 578 g/mol. The lowest BCUT2D eigenvalue weighted by Gasteiger charge is -2.28. The van der Waals surface area contributed by atoms with E-state index in [1.54, 1.807) is 42.3 Å². The Kier molecular flexibility index (Phi) is 10.2. The van der Waals surface area contributed by atoms with Crippen LogP contribution in [0, 0.1) is 5.92 Å². The molecule has 0 radical (unpaired) electrons. The van der Waals surface area contributed by atoms with E-state index in [0.29, 0.717) is 59.3 Å². The van der Waals surface area contributed by atoms with E-state index in [1.807, 2.05) is 12.1 Å². The van der Waals surface area contributed by atoms with Crippen LogP contribution >= 0.6 is 0 Å². The molecule has 2 heterocycles. The fourth-order valence-electron chi connectivity index (χ4n) is 5.29. The predicted octanol–water partition coefficient (Wildman–Crippen LogP) is 6.19. The average molecular weight is 579 g/mol. The molecular formula is C33H42N2O7. The average Bonchev–Trinajstić information content (AvgIpc) is 3.54. The molecule has 0 saturated carbocycles. The number of rotatable bonds is 15. The van der Waals surface area contributed by atoms with Crippen molar-refractivity contribution in [1.29, 1.82) is 0 Å². The standard InChI is InChI=1S/C33H42N2O7/c1-7-34(8-2)16-10-17-35-29(22-13-14-24(26(19-22)40-6)41-18-15-21(3)4)28(31(37)33(35)38)30(36)27-20-23-11-9-12-25(39-5)32(23)42-27/h9,11-14,19-21,29,37H,7-8,10,15-18H2,1-6H3. The third-order valence-electron chi connectivity index (χ3n) is 7.72. The van der Waals surface area contributed by atoms with E-state index in [-0.39, 0.29) is 11.3 Å². The van der Waals surface area contributed by atoms with Crippen molar-refractivity contribution in [1.82, 2.24) is 9.80 Å². The van der Waals surface area contributed by atoms with E-state index >= 15 is 0 Å². The molecule has 9 heteroatoms. The summed E-state index contributed by atoms with van der Waals surface area (Å²) >= 11 is 0.